The molecule has 3 fully saturated rings. The van der Waals surface area contributed by atoms with E-state index in [2.05, 4.69) is 0 Å². The highest BCUT2D eigenvalue weighted by atomic mass is 35.5. The van der Waals surface area contributed by atoms with Crippen LogP contribution in [0.15, 0.2) is 0 Å². The summed E-state index contributed by atoms with van der Waals surface area (Å²) < 4.78 is 11.7. The average Bonchev–Trinajstić information content (AvgIpc) is 3.00. The van der Waals surface area contributed by atoms with Gasteiger partial charge in [0, 0.05) is 25.7 Å². The maximum absolute atomic E-state index is 12.5. The maximum atomic E-state index is 12.5. The van der Waals surface area contributed by atoms with Crippen LogP contribution in [0.3, 0.4) is 0 Å². The summed E-state index contributed by atoms with van der Waals surface area (Å²) in [4.78, 5) is 14.5. The van der Waals surface area contributed by atoms with Gasteiger partial charge in [0.25, 0.3) is 0 Å². The van der Waals surface area contributed by atoms with Crippen molar-refractivity contribution in [2.45, 2.75) is 69.6 Å². The predicted molar refractivity (Wildman–Crippen MR) is 91.7 cm³/mol. The Bertz CT molecular complexity index is 369. The number of nitrogens with zero attached hydrogens (tertiary/aromatic N) is 1. The second-order valence-electron chi connectivity index (χ2n) is 7.05. The van der Waals surface area contributed by atoms with Gasteiger partial charge in [0.15, 0.2) is 0 Å². The summed E-state index contributed by atoms with van der Waals surface area (Å²) in [6.07, 6.45) is 9.07. The number of piperidine rings is 1. The molecule has 134 valence electrons. The number of likely N-dealkylation sites (tertiary alicyclic amines) is 1. The zero-order valence-electron chi connectivity index (χ0n) is 14.0. The summed E-state index contributed by atoms with van der Waals surface area (Å²) in [6.45, 7) is 3.23. The van der Waals surface area contributed by atoms with Crippen LogP contribution >= 0.6 is 12.4 Å². The van der Waals surface area contributed by atoms with Gasteiger partial charge in [0.1, 0.15) is 0 Å². The molecule has 3 atom stereocenters. The first-order valence-electron chi connectivity index (χ1n) is 9.01. The van der Waals surface area contributed by atoms with Crippen LogP contribution in [0, 0.1) is 5.92 Å². The van der Waals surface area contributed by atoms with Crippen molar-refractivity contribution in [1.82, 2.24) is 4.90 Å². The van der Waals surface area contributed by atoms with Crippen molar-refractivity contribution < 1.29 is 14.3 Å². The molecule has 23 heavy (non-hydrogen) atoms. The molecular formula is C17H31ClN2O3. The molecule has 2 aliphatic heterocycles. The maximum Gasteiger partial charge on any atom is 0.227 e. The Kier molecular flexibility index (Phi) is 7.60. The molecule has 3 rings (SSSR count). The minimum absolute atomic E-state index is 0. The number of rotatable bonds is 4. The Morgan fingerprint density at radius 2 is 1.87 bits per heavy atom. The Morgan fingerprint density at radius 1 is 1.09 bits per heavy atom. The lowest BCUT2D eigenvalue weighted by molar-refractivity contribution is -0.139. The third-order valence-corrected chi connectivity index (χ3v) is 5.43. The molecule has 5 nitrogen and oxygen atoms in total. The molecule has 0 aromatic rings. The molecule has 3 unspecified atom stereocenters. The van der Waals surface area contributed by atoms with Crippen LogP contribution in [0.2, 0.25) is 0 Å². The lowest BCUT2D eigenvalue weighted by Crippen LogP contribution is -2.46. The molecule has 1 aliphatic carbocycles. The lowest BCUT2D eigenvalue weighted by Gasteiger charge is -2.35. The van der Waals surface area contributed by atoms with Crippen LogP contribution in [-0.4, -0.2) is 55.4 Å². The van der Waals surface area contributed by atoms with Gasteiger partial charge in [-0.15, -0.1) is 12.4 Å². The summed E-state index contributed by atoms with van der Waals surface area (Å²) in [5.41, 5.74) is 6.06. The van der Waals surface area contributed by atoms with E-state index < -0.39 is 0 Å². The zero-order valence-corrected chi connectivity index (χ0v) is 14.8. The first kappa shape index (κ1) is 19.0. The molecule has 1 saturated carbocycles. The summed E-state index contributed by atoms with van der Waals surface area (Å²) >= 11 is 0. The van der Waals surface area contributed by atoms with E-state index in [-0.39, 0.29) is 42.5 Å². The standard InChI is InChI=1S/C17H30N2O3.ClH/c18-16-6-3-5-15(16)17(20)19-9-7-13(8-10-19)22-12-14-4-1-2-11-21-14;/h13-16H,1-12,18H2;1H. The third kappa shape index (κ3) is 5.05. The van der Waals surface area contributed by atoms with E-state index in [4.69, 9.17) is 15.2 Å². The zero-order chi connectivity index (χ0) is 15.4. The van der Waals surface area contributed by atoms with Gasteiger partial charge in [-0.2, -0.15) is 0 Å². The minimum atomic E-state index is 0. The Morgan fingerprint density at radius 3 is 2.48 bits per heavy atom. The van der Waals surface area contributed by atoms with E-state index >= 15 is 0 Å². The van der Waals surface area contributed by atoms with Crippen LogP contribution in [0.25, 0.3) is 0 Å². The summed E-state index contributed by atoms with van der Waals surface area (Å²) in [5.74, 6) is 0.340. The normalized spacial score (nSPS) is 32.6. The summed E-state index contributed by atoms with van der Waals surface area (Å²) in [5, 5.41) is 0. The molecule has 1 amide bonds. The molecule has 3 aliphatic rings. The van der Waals surface area contributed by atoms with Crippen molar-refractivity contribution in [3.63, 3.8) is 0 Å². The predicted octanol–water partition coefficient (Wildman–Crippen LogP) is 2.11. The van der Waals surface area contributed by atoms with Crippen molar-refractivity contribution in [2.75, 3.05) is 26.3 Å². The van der Waals surface area contributed by atoms with Crippen LogP contribution in [0.5, 0.6) is 0 Å². The van der Waals surface area contributed by atoms with E-state index in [0.717, 1.165) is 58.2 Å². The van der Waals surface area contributed by atoms with E-state index in [1.54, 1.807) is 0 Å². The van der Waals surface area contributed by atoms with Gasteiger partial charge in [-0.3, -0.25) is 4.79 Å². The smallest absolute Gasteiger partial charge is 0.227 e. The van der Waals surface area contributed by atoms with Crippen molar-refractivity contribution in [3.8, 4) is 0 Å². The Labute approximate surface area is 145 Å². The van der Waals surface area contributed by atoms with Gasteiger partial charge in [-0.1, -0.05) is 6.42 Å². The summed E-state index contributed by atoms with van der Waals surface area (Å²) in [6, 6.07) is 0.0740. The molecule has 0 radical (unpaired) electrons. The van der Waals surface area contributed by atoms with Crippen LogP contribution in [-0.2, 0) is 14.3 Å². The van der Waals surface area contributed by atoms with Crippen molar-refractivity contribution in [3.05, 3.63) is 0 Å². The summed E-state index contributed by atoms with van der Waals surface area (Å²) in [7, 11) is 0. The first-order valence-corrected chi connectivity index (χ1v) is 9.01. The van der Waals surface area contributed by atoms with Crippen LogP contribution in [0.4, 0.5) is 0 Å². The highest BCUT2D eigenvalue weighted by molar-refractivity contribution is 5.85. The van der Waals surface area contributed by atoms with Crippen molar-refractivity contribution in [2.24, 2.45) is 11.7 Å². The molecule has 0 spiro atoms. The number of carbonyl (C=O) groups excluding carboxylic acids is 1. The van der Waals surface area contributed by atoms with E-state index in [1.807, 2.05) is 4.90 Å². The molecule has 6 heteroatoms. The van der Waals surface area contributed by atoms with Crippen LogP contribution in [0.1, 0.15) is 51.4 Å². The van der Waals surface area contributed by atoms with Gasteiger partial charge in [0.05, 0.1) is 24.7 Å². The van der Waals surface area contributed by atoms with Crippen molar-refractivity contribution >= 4 is 18.3 Å². The fourth-order valence-corrected chi connectivity index (χ4v) is 3.95. The number of halogens is 1. The average molecular weight is 347 g/mol. The Balaban J connectivity index is 0.00000192. The fourth-order valence-electron chi connectivity index (χ4n) is 3.95. The van der Waals surface area contributed by atoms with Gasteiger partial charge < -0.3 is 20.1 Å². The number of nitrogens with two attached hydrogens (primary N) is 1. The van der Waals surface area contributed by atoms with Crippen molar-refractivity contribution in [1.29, 1.82) is 0 Å². The highest BCUT2D eigenvalue weighted by Gasteiger charge is 2.35. The van der Waals surface area contributed by atoms with Gasteiger partial charge in [-0.25, -0.2) is 0 Å². The number of hydrogen-bond donors (Lipinski definition) is 1. The largest absolute Gasteiger partial charge is 0.376 e. The molecule has 2 N–H and O–H groups in total. The lowest BCUT2D eigenvalue weighted by atomic mass is 10.00. The molecule has 2 saturated heterocycles. The van der Waals surface area contributed by atoms with E-state index in [1.165, 1.54) is 12.8 Å². The van der Waals surface area contributed by atoms with Gasteiger partial charge in [-0.05, 0) is 44.9 Å². The quantitative estimate of drug-likeness (QED) is 0.846. The Hall–Kier alpha value is -0.360. The minimum Gasteiger partial charge on any atom is -0.376 e. The molecule has 0 bridgehead atoms. The van der Waals surface area contributed by atoms with Crippen LogP contribution < -0.4 is 5.73 Å². The second-order valence-corrected chi connectivity index (χ2v) is 7.05. The highest BCUT2D eigenvalue weighted by Crippen LogP contribution is 2.27. The topological polar surface area (TPSA) is 64.8 Å². The molecular weight excluding hydrogens is 316 g/mol. The fraction of sp³-hybridized carbons (Fsp3) is 0.941. The van der Waals surface area contributed by atoms with Gasteiger partial charge in [0.2, 0.25) is 5.91 Å². The van der Waals surface area contributed by atoms with Gasteiger partial charge >= 0.3 is 0 Å². The molecule has 0 aromatic heterocycles. The number of carbonyl (C=O) groups is 1. The first-order chi connectivity index (χ1) is 10.7. The van der Waals surface area contributed by atoms with E-state index in [0.29, 0.717) is 6.61 Å². The number of amides is 1. The number of ether oxygens (including phenoxy) is 2. The monoisotopic (exact) mass is 346 g/mol. The second kappa shape index (κ2) is 9.21. The number of hydrogen-bond acceptors (Lipinski definition) is 4. The third-order valence-electron chi connectivity index (χ3n) is 5.43. The SMILES string of the molecule is Cl.NC1CCCC1C(=O)N1CCC(OCC2CCCCO2)CC1. The molecule has 0 aromatic carbocycles. The van der Waals surface area contributed by atoms with E-state index in [9.17, 15) is 4.79 Å². The molecule has 2 heterocycles.